The van der Waals surface area contributed by atoms with Crippen LogP contribution in [0.3, 0.4) is 0 Å². The Kier molecular flexibility index (Phi) is 6.78. The molecule has 134 valence electrons. The van der Waals surface area contributed by atoms with E-state index in [1.165, 1.54) is 5.56 Å². The van der Waals surface area contributed by atoms with Crippen LogP contribution in [-0.4, -0.2) is 65.3 Å². The predicted octanol–water partition coefficient (Wildman–Crippen LogP) is 1.90. The molecule has 5 heteroatoms. The monoisotopic (exact) mass is 334 g/mol. The van der Waals surface area contributed by atoms with Crippen molar-refractivity contribution in [2.75, 3.05) is 32.8 Å². The maximum atomic E-state index is 12.5. The number of carbonyl (C=O) groups excluding carboxylic acids is 1. The van der Waals surface area contributed by atoms with Crippen LogP contribution in [0.2, 0.25) is 0 Å². The molecular formula is C19H30N2O3. The quantitative estimate of drug-likeness (QED) is 0.827. The second-order valence-corrected chi connectivity index (χ2v) is 7.14. The molecule has 1 unspecified atom stereocenters. The summed E-state index contributed by atoms with van der Waals surface area (Å²) in [4.78, 5) is 16.5. The first-order chi connectivity index (χ1) is 11.4. The van der Waals surface area contributed by atoms with Crippen LogP contribution in [0.15, 0.2) is 30.3 Å². The van der Waals surface area contributed by atoms with Crippen molar-refractivity contribution in [2.24, 2.45) is 0 Å². The first-order valence-electron chi connectivity index (χ1n) is 8.75. The summed E-state index contributed by atoms with van der Waals surface area (Å²) in [5.41, 5.74) is 0.403. The molecule has 0 aromatic heterocycles. The van der Waals surface area contributed by atoms with E-state index >= 15 is 0 Å². The molecule has 0 aliphatic carbocycles. The van der Waals surface area contributed by atoms with E-state index in [2.05, 4.69) is 17.0 Å². The van der Waals surface area contributed by atoms with Gasteiger partial charge in [-0.1, -0.05) is 30.3 Å². The van der Waals surface area contributed by atoms with Crippen molar-refractivity contribution in [2.45, 2.75) is 45.4 Å². The molecule has 1 atom stereocenters. The van der Waals surface area contributed by atoms with Gasteiger partial charge in [0.05, 0.1) is 24.7 Å². The number of hydrogen-bond acceptors (Lipinski definition) is 4. The molecule has 1 aliphatic rings. The van der Waals surface area contributed by atoms with Gasteiger partial charge >= 0.3 is 0 Å². The maximum Gasteiger partial charge on any atom is 0.225 e. The molecule has 1 N–H and O–H groups in total. The maximum absolute atomic E-state index is 12.5. The average molecular weight is 334 g/mol. The van der Waals surface area contributed by atoms with Gasteiger partial charge in [0.1, 0.15) is 0 Å². The third kappa shape index (κ3) is 6.23. The lowest BCUT2D eigenvalue weighted by Crippen LogP contribution is -2.47. The molecule has 1 aromatic rings. The second kappa shape index (κ2) is 8.60. The normalized spacial score (nSPS) is 19.2. The Balaban J connectivity index is 1.86. The summed E-state index contributed by atoms with van der Waals surface area (Å²) in [7, 11) is 0. The molecule has 1 saturated heterocycles. The van der Waals surface area contributed by atoms with Gasteiger partial charge in [0.15, 0.2) is 0 Å². The van der Waals surface area contributed by atoms with E-state index in [1.54, 1.807) is 18.7 Å². The Morgan fingerprint density at radius 2 is 2.08 bits per heavy atom. The highest BCUT2D eigenvalue weighted by molar-refractivity contribution is 5.76. The molecule has 1 heterocycles. The molecule has 5 nitrogen and oxygen atoms in total. The third-order valence-electron chi connectivity index (χ3n) is 4.19. The summed E-state index contributed by atoms with van der Waals surface area (Å²) in [6, 6.07) is 10.4. The van der Waals surface area contributed by atoms with Crippen molar-refractivity contribution in [3.8, 4) is 0 Å². The van der Waals surface area contributed by atoms with Gasteiger partial charge < -0.3 is 14.7 Å². The van der Waals surface area contributed by atoms with Crippen LogP contribution < -0.4 is 0 Å². The Morgan fingerprint density at radius 1 is 1.38 bits per heavy atom. The fourth-order valence-electron chi connectivity index (χ4n) is 3.06. The zero-order valence-electron chi connectivity index (χ0n) is 15.1. The molecule has 0 saturated carbocycles. The Morgan fingerprint density at radius 3 is 2.71 bits per heavy atom. The highest BCUT2D eigenvalue weighted by Crippen LogP contribution is 2.15. The molecule has 2 rings (SSSR count). The molecule has 0 bridgehead atoms. The van der Waals surface area contributed by atoms with Crippen molar-refractivity contribution in [1.82, 2.24) is 9.80 Å². The minimum absolute atomic E-state index is 0.0474. The minimum Gasteiger partial charge on any atom is -0.389 e. The molecule has 1 amide bonds. The first-order valence-corrected chi connectivity index (χ1v) is 8.75. The number of hydrogen-bond donors (Lipinski definition) is 1. The van der Waals surface area contributed by atoms with Gasteiger partial charge in [-0.05, 0) is 26.3 Å². The second-order valence-electron chi connectivity index (χ2n) is 7.14. The average Bonchev–Trinajstić information content (AvgIpc) is 2.53. The van der Waals surface area contributed by atoms with Gasteiger partial charge in [-0.15, -0.1) is 0 Å². The van der Waals surface area contributed by atoms with Crippen molar-refractivity contribution >= 4 is 5.91 Å². The molecule has 0 radical (unpaired) electrons. The zero-order chi connectivity index (χ0) is 17.6. The van der Waals surface area contributed by atoms with Crippen LogP contribution in [-0.2, 0) is 16.1 Å². The number of benzene rings is 1. The summed E-state index contributed by atoms with van der Waals surface area (Å²) >= 11 is 0. The van der Waals surface area contributed by atoms with Crippen LogP contribution >= 0.6 is 0 Å². The Bertz CT molecular complexity index is 513. The minimum atomic E-state index is -0.877. The summed E-state index contributed by atoms with van der Waals surface area (Å²) in [5.74, 6) is 0.0474. The number of rotatable bonds is 7. The van der Waals surface area contributed by atoms with E-state index in [0.29, 0.717) is 26.1 Å². The molecule has 1 aliphatic heterocycles. The van der Waals surface area contributed by atoms with Crippen molar-refractivity contribution < 1.29 is 14.6 Å². The molecule has 24 heavy (non-hydrogen) atoms. The van der Waals surface area contributed by atoms with E-state index in [1.807, 2.05) is 25.1 Å². The van der Waals surface area contributed by atoms with Crippen LogP contribution in [0.25, 0.3) is 0 Å². The SMILES string of the molecule is CCN(CC(C)(C)O)C(=O)CC1CN(Cc2ccccc2)CCO1. The number of carbonyl (C=O) groups is 1. The number of ether oxygens (including phenoxy) is 1. The summed E-state index contributed by atoms with van der Waals surface area (Å²) in [5, 5.41) is 9.95. The predicted molar refractivity (Wildman–Crippen MR) is 94.6 cm³/mol. The van der Waals surface area contributed by atoms with E-state index in [0.717, 1.165) is 19.6 Å². The molecule has 1 fully saturated rings. The number of aliphatic hydroxyl groups is 1. The largest absolute Gasteiger partial charge is 0.389 e. The highest BCUT2D eigenvalue weighted by atomic mass is 16.5. The third-order valence-corrected chi connectivity index (χ3v) is 4.19. The van der Waals surface area contributed by atoms with Crippen LogP contribution in [0.1, 0.15) is 32.8 Å². The first kappa shape index (κ1) is 18.9. The lowest BCUT2D eigenvalue weighted by molar-refractivity contribution is -0.139. The van der Waals surface area contributed by atoms with Gasteiger partial charge in [-0.3, -0.25) is 9.69 Å². The molecule has 1 aromatic carbocycles. The standard InChI is InChI=1S/C19H30N2O3/c1-4-21(15-19(2,3)23)18(22)12-17-14-20(10-11-24-17)13-16-8-6-5-7-9-16/h5-9,17,23H,4,10-15H2,1-3H3. The van der Waals surface area contributed by atoms with E-state index < -0.39 is 5.60 Å². The Labute approximate surface area is 145 Å². The topological polar surface area (TPSA) is 53.0 Å². The fraction of sp³-hybridized carbons (Fsp3) is 0.632. The number of likely N-dealkylation sites (N-methyl/N-ethyl adjacent to an activating group) is 1. The lowest BCUT2D eigenvalue weighted by Gasteiger charge is -2.34. The van der Waals surface area contributed by atoms with Gasteiger partial charge in [0.2, 0.25) is 5.91 Å². The smallest absolute Gasteiger partial charge is 0.225 e. The van der Waals surface area contributed by atoms with Crippen LogP contribution in [0, 0.1) is 0 Å². The summed E-state index contributed by atoms with van der Waals surface area (Å²) < 4.78 is 5.79. The molecule has 0 spiro atoms. The van der Waals surface area contributed by atoms with E-state index in [-0.39, 0.29) is 12.0 Å². The fourth-order valence-corrected chi connectivity index (χ4v) is 3.06. The lowest BCUT2D eigenvalue weighted by atomic mass is 10.1. The van der Waals surface area contributed by atoms with Crippen LogP contribution in [0.4, 0.5) is 0 Å². The van der Waals surface area contributed by atoms with Gasteiger partial charge in [-0.25, -0.2) is 0 Å². The summed E-state index contributed by atoms with van der Waals surface area (Å²) in [6.45, 7) is 9.53. The van der Waals surface area contributed by atoms with E-state index in [4.69, 9.17) is 4.74 Å². The van der Waals surface area contributed by atoms with Crippen molar-refractivity contribution in [3.05, 3.63) is 35.9 Å². The number of morpholine rings is 1. The van der Waals surface area contributed by atoms with E-state index in [9.17, 15) is 9.90 Å². The zero-order valence-corrected chi connectivity index (χ0v) is 15.1. The molecular weight excluding hydrogens is 304 g/mol. The van der Waals surface area contributed by atoms with Gasteiger partial charge in [0, 0.05) is 32.7 Å². The van der Waals surface area contributed by atoms with Gasteiger partial charge in [-0.2, -0.15) is 0 Å². The Hall–Kier alpha value is -1.43. The van der Waals surface area contributed by atoms with Crippen LogP contribution in [0.5, 0.6) is 0 Å². The van der Waals surface area contributed by atoms with Crippen molar-refractivity contribution in [3.63, 3.8) is 0 Å². The number of nitrogens with zero attached hydrogens (tertiary/aromatic N) is 2. The number of amides is 1. The highest BCUT2D eigenvalue weighted by Gasteiger charge is 2.27. The summed E-state index contributed by atoms with van der Waals surface area (Å²) in [6.07, 6.45) is 0.292. The van der Waals surface area contributed by atoms with Crippen molar-refractivity contribution in [1.29, 1.82) is 0 Å². The van der Waals surface area contributed by atoms with Gasteiger partial charge in [0.25, 0.3) is 0 Å².